The van der Waals surface area contributed by atoms with Gasteiger partial charge in [0.1, 0.15) is 0 Å². The van der Waals surface area contributed by atoms with Crippen LogP contribution in [-0.4, -0.2) is 11.9 Å². The van der Waals surface area contributed by atoms with Gasteiger partial charge in [-0.15, -0.1) is 0 Å². The van der Waals surface area contributed by atoms with Crippen molar-refractivity contribution in [1.29, 1.82) is 0 Å². The van der Waals surface area contributed by atoms with E-state index in [-0.39, 0.29) is 5.91 Å². The maximum atomic E-state index is 10.6. The molecule has 3 heteroatoms. The number of carbonyl (C=O) groups excluding carboxylic acids is 1. The van der Waals surface area contributed by atoms with Crippen LogP contribution >= 0.6 is 0 Å². The standard InChI is InChI=1S/C10H20N2O/c11-9(10(12)13)5-3-1-2-4-8-6-7-8/h8-9H,1-7,11H2,(H2,12,13). The van der Waals surface area contributed by atoms with Crippen molar-refractivity contribution in [2.24, 2.45) is 17.4 Å². The van der Waals surface area contributed by atoms with E-state index in [0.717, 1.165) is 18.8 Å². The Morgan fingerprint density at radius 1 is 1.31 bits per heavy atom. The van der Waals surface area contributed by atoms with Crippen molar-refractivity contribution in [3.8, 4) is 0 Å². The van der Waals surface area contributed by atoms with Crippen LogP contribution in [0, 0.1) is 5.92 Å². The lowest BCUT2D eigenvalue weighted by atomic mass is 10.1. The van der Waals surface area contributed by atoms with Gasteiger partial charge < -0.3 is 11.5 Å². The molecular weight excluding hydrogens is 164 g/mol. The van der Waals surface area contributed by atoms with Crippen molar-refractivity contribution < 1.29 is 4.79 Å². The first-order valence-corrected chi connectivity index (χ1v) is 5.25. The van der Waals surface area contributed by atoms with Crippen LogP contribution in [0.25, 0.3) is 0 Å². The lowest BCUT2D eigenvalue weighted by Crippen LogP contribution is -2.36. The molecule has 4 N–H and O–H groups in total. The van der Waals surface area contributed by atoms with Crippen LogP contribution in [0.4, 0.5) is 0 Å². The van der Waals surface area contributed by atoms with Gasteiger partial charge in [0.05, 0.1) is 6.04 Å². The highest BCUT2D eigenvalue weighted by Gasteiger charge is 2.19. The van der Waals surface area contributed by atoms with Crippen molar-refractivity contribution in [1.82, 2.24) is 0 Å². The molecule has 0 bridgehead atoms. The zero-order valence-electron chi connectivity index (χ0n) is 8.17. The highest BCUT2D eigenvalue weighted by molar-refractivity contribution is 5.79. The summed E-state index contributed by atoms with van der Waals surface area (Å²) in [7, 11) is 0. The minimum absolute atomic E-state index is 0.373. The third-order valence-electron chi connectivity index (χ3n) is 2.69. The molecule has 0 aromatic rings. The van der Waals surface area contributed by atoms with Crippen molar-refractivity contribution >= 4 is 5.91 Å². The largest absolute Gasteiger partial charge is 0.368 e. The number of unbranched alkanes of at least 4 members (excludes halogenated alkanes) is 2. The molecule has 1 atom stereocenters. The molecule has 13 heavy (non-hydrogen) atoms. The van der Waals surface area contributed by atoms with Gasteiger partial charge >= 0.3 is 0 Å². The summed E-state index contributed by atoms with van der Waals surface area (Å²) in [6, 6.07) is -0.430. The summed E-state index contributed by atoms with van der Waals surface area (Å²) in [5.41, 5.74) is 10.5. The first-order chi connectivity index (χ1) is 6.20. The first-order valence-electron chi connectivity index (χ1n) is 5.25. The van der Waals surface area contributed by atoms with Crippen LogP contribution in [-0.2, 0) is 4.79 Å². The van der Waals surface area contributed by atoms with Gasteiger partial charge in [-0.2, -0.15) is 0 Å². The van der Waals surface area contributed by atoms with E-state index in [1.54, 1.807) is 0 Å². The summed E-state index contributed by atoms with van der Waals surface area (Å²) in [6.45, 7) is 0. The summed E-state index contributed by atoms with van der Waals surface area (Å²) < 4.78 is 0. The number of nitrogens with two attached hydrogens (primary N) is 2. The Bertz CT molecular complexity index is 166. The second kappa shape index (κ2) is 5.22. The van der Waals surface area contributed by atoms with Crippen LogP contribution in [0.5, 0.6) is 0 Å². The average molecular weight is 184 g/mol. The number of hydrogen-bond donors (Lipinski definition) is 2. The van der Waals surface area contributed by atoms with Gasteiger partial charge in [-0.1, -0.05) is 38.5 Å². The molecule has 1 unspecified atom stereocenters. The summed E-state index contributed by atoms with van der Waals surface area (Å²) in [5.74, 6) is 0.645. The Labute approximate surface area is 79.9 Å². The maximum absolute atomic E-state index is 10.6. The molecule has 0 radical (unpaired) electrons. The predicted molar refractivity (Wildman–Crippen MR) is 53.0 cm³/mol. The van der Waals surface area contributed by atoms with Crippen molar-refractivity contribution in [2.75, 3.05) is 0 Å². The fraction of sp³-hybridized carbons (Fsp3) is 0.900. The van der Waals surface area contributed by atoms with Gasteiger partial charge in [0.15, 0.2) is 0 Å². The normalized spacial score (nSPS) is 18.5. The van der Waals surface area contributed by atoms with Gasteiger partial charge in [-0.05, 0) is 12.3 Å². The monoisotopic (exact) mass is 184 g/mol. The molecule has 0 heterocycles. The minimum atomic E-state index is -0.430. The number of amides is 1. The van der Waals surface area contributed by atoms with Crippen LogP contribution in [0.3, 0.4) is 0 Å². The highest BCUT2D eigenvalue weighted by atomic mass is 16.1. The quantitative estimate of drug-likeness (QED) is 0.583. The Morgan fingerprint density at radius 2 is 2.00 bits per heavy atom. The Hall–Kier alpha value is -0.570. The lowest BCUT2D eigenvalue weighted by Gasteiger charge is -2.06. The van der Waals surface area contributed by atoms with Crippen LogP contribution in [0.1, 0.15) is 44.9 Å². The van der Waals surface area contributed by atoms with Crippen LogP contribution in [0.15, 0.2) is 0 Å². The van der Waals surface area contributed by atoms with Crippen molar-refractivity contribution in [2.45, 2.75) is 51.0 Å². The van der Waals surface area contributed by atoms with Crippen LogP contribution < -0.4 is 11.5 Å². The summed E-state index contributed by atoms with van der Waals surface area (Å²) in [6.07, 6.45) is 8.50. The molecule has 1 saturated carbocycles. The van der Waals surface area contributed by atoms with E-state index >= 15 is 0 Å². The van der Waals surface area contributed by atoms with E-state index in [0.29, 0.717) is 0 Å². The molecule has 0 spiro atoms. The smallest absolute Gasteiger partial charge is 0.234 e. The molecule has 1 aliphatic carbocycles. The third-order valence-corrected chi connectivity index (χ3v) is 2.69. The van der Waals surface area contributed by atoms with Crippen molar-refractivity contribution in [3.63, 3.8) is 0 Å². The number of carbonyl (C=O) groups is 1. The molecule has 76 valence electrons. The summed E-state index contributed by atoms with van der Waals surface area (Å²) in [4.78, 5) is 10.6. The first kappa shape index (κ1) is 10.5. The van der Waals surface area contributed by atoms with Crippen LogP contribution in [0.2, 0.25) is 0 Å². The molecule has 1 aliphatic rings. The molecule has 0 aromatic carbocycles. The molecule has 0 aromatic heterocycles. The molecule has 0 aliphatic heterocycles. The van der Waals surface area contributed by atoms with E-state index in [1.807, 2.05) is 0 Å². The summed E-state index contributed by atoms with van der Waals surface area (Å²) >= 11 is 0. The maximum Gasteiger partial charge on any atom is 0.234 e. The molecule has 1 fully saturated rings. The van der Waals surface area contributed by atoms with Gasteiger partial charge in [-0.3, -0.25) is 4.79 Å². The number of hydrogen-bond acceptors (Lipinski definition) is 2. The van der Waals surface area contributed by atoms with E-state index in [2.05, 4.69) is 0 Å². The van der Waals surface area contributed by atoms with Gasteiger partial charge in [-0.25, -0.2) is 0 Å². The highest BCUT2D eigenvalue weighted by Crippen LogP contribution is 2.34. The fourth-order valence-corrected chi connectivity index (χ4v) is 1.52. The molecule has 3 nitrogen and oxygen atoms in total. The minimum Gasteiger partial charge on any atom is -0.368 e. The molecule has 1 rings (SSSR count). The lowest BCUT2D eigenvalue weighted by molar-refractivity contribution is -0.119. The van der Waals surface area contributed by atoms with Gasteiger partial charge in [0.25, 0.3) is 0 Å². The molecular formula is C10H20N2O. The van der Waals surface area contributed by atoms with Gasteiger partial charge in [0.2, 0.25) is 5.91 Å². The number of primary amides is 1. The van der Waals surface area contributed by atoms with E-state index in [1.165, 1.54) is 32.1 Å². The fourth-order valence-electron chi connectivity index (χ4n) is 1.52. The van der Waals surface area contributed by atoms with E-state index in [9.17, 15) is 4.79 Å². The number of rotatable bonds is 7. The van der Waals surface area contributed by atoms with E-state index < -0.39 is 6.04 Å². The predicted octanol–water partition coefficient (Wildman–Crippen LogP) is 1.16. The SMILES string of the molecule is NC(=O)C(N)CCCCCC1CC1. The second-order valence-corrected chi connectivity index (χ2v) is 4.09. The second-order valence-electron chi connectivity index (χ2n) is 4.09. The Balaban J connectivity index is 1.84. The topological polar surface area (TPSA) is 69.1 Å². The Morgan fingerprint density at radius 3 is 2.54 bits per heavy atom. The Kier molecular flexibility index (Phi) is 4.22. The zero-order valence-corrected chi connectivity index (χ0v) is 8.17. The molecule has 0 saturated heterocycles. The summed E-state index contributed by atoms with van der Waals surface area (Å²) in [5, 5.41) is 0. The third kappa shape index (κ3) is 4.88. The van der Waals surface area contributed by atoms with E-state index in [4.69, 9.17) is 11.5 Å². The van der Waals surface area contributed by atoms with Crippen molar-refractivity contribution in [3.05, 3.63) is 0 Å². The zero-order chi connectivity index (χ0) is 9.68. The van der Waals surface area contributed by atoms with Gasteiger partial charge in [0, 0.05) is 0 Å². The molecule has 1 amide bonds. The average Bonchev–Trinajstić information content (AvgIpc) is 2.87.